The third-order valence-electron chi connectivity index (χ3n) is 6.05. The molecule has 0 spiro atoms. The van der Waals surface area contributed by atoms with E-state index in [0.29, 0.717) is 24.0 Å². The van der Waals surface area contributed by atoms with E-state index >= 15 is 0 Å². The lowest BCUT2D eigenvalue weighted by Crippen LogP contribution is -2.53. The van der Waals surface area contributed by atoms with Gasteiger partial charge in [-0.3, -0.25) is 9.69 Å². The Morgan fingerprint density at radius 3 is 2.40 bits per heavy atom. The first kappa shape index (κ1) is 19.1. The highest BCUT2D eigenvalue weighted by Crippen LogP contribution is 2.43. The highest BCUT2D eigenvalue weighted by atomic mass is 16.4. The third kappa shape index (κ3) is 3.90. The number of rotatable bonds is 5. The molecule has 3 aromatic rings. The van der Waals surface area contributed by atoms with Crippen LogP contribution in [-0.2, 0) is 6.54 Å². The molecule has 5 nitrogen and oxygen atoms in total. The summed E-state index contributed by atoms with van der Waals surface area (Å²) in [4.78, 5) is 22.5. The molecule has 1 aliphatic heterocycles. The molecule has 1 saturated carbocycles. The number of oxazole rings is 1. The Morgan fingerprint density at radius 2 is 1.73 bits per heavy atom. The maximum absolute atomic E-state index is 13.5. The standard InChI is InChI=1S/C25H27N3O2/c1-18-16-27(17-19-8-4-2-5-9-19)14-15-28(18)25(29)22-23(20-12-13-20)30-24(26-22)21-10-6-3-7-11-21/h2-11,18,20H,12-17H2,1H3/t18-/m1/s1. The van der Waals surface area contributed by atoms with Gasteiger partial charge in [-0.2, -0.15) is 0 Å². The molecule has 0 bridgehead atoms. The summed E-state index contributed by atoms with van der Waals surface area (Å²) in [5.74, 6) is 1.67. The Balaban J connectivity index is 1.33. The van der Waals surface area contributed by atoms with E-state index < -0.39 is 0 Å². The lowest BCUT2D eigenvalue weighted by atomic mass is 10.1. The van der Waals surface area contributed by atoms with Gasteiger partial charge in [0.1, 0.15) is 5.76 Å². The van der Waals surface area contributed by atoms with Crippen LogP contribution in [0.2, 0.25) is 0 Å². The van der Waals surface area contributed by atoms with Gasteiger partial charge in [0.05, 0.1) is 0 Å². The summed E-state index contributed by atoms with van der Waals surface area (Å²) in [6.45, 7) is 5.49. The molecule has 2 fully saturated rings. The maximum atomic E-state index is 13.5. The van der Waals surface area contributed by atoms with E-state index in [9.17, 15) is 4.79 Å². The van der Waals surface area contributed by atoms with Crippen molar-refractivity contribution in [2.45, 2.75) is 38.3 Å². The zero-order valence-electron chi connectivity index (χ0n) is 17.3. The van der Waals surface area contributed by atoms with Crippen LogP contribution in [0.25, 0.3) is 11.5 Å². The van der Waals surface area contributed by atoms with Gasteiger partial charge in [0, 0.05) is 43.7 Å². The second-order valence-electron chi connectivity index (χ2n) is 8.44. The molecule has 1 aromatic heterocycles. The summed E-state index contributed by atoms with van der Waals surface area (Å²) < 4.78 is 6.10. The molecule has 2 aliphatic rings. The summed E-state index contributed by atoms with van der Waals surface area (Å²) in [7, 11) is 0. The molecular weight excluding hydrogens is 374 g/mol. The van der Waals surface area contributed by atoms with Crippen molar-refractivity contribution < 1.29 is 9.21 Å². The quantitative estimate of drug-likeness (QED) is 0.629. The Labute approximate surface area is 177 Å². The fraction of sp³-hybridized carbons (Fsp3) is 0.360. The molecule has 0 radical (unpaired) electrons. The lowest BCUT2D eigenvalue weighted by Gasteiger charge is -2.39. The zero-order chi connectivity index (χ0) is 20.5. The van der Waals surface area contributed by atoms with E-state index in [2.05, 4.69) is 41.1 Å². The Kier molecular flexibility index (Phi) is 5.13. The van der Waals surface area contributed by atoms with Crippen LogP contribution in [0.4, 0.5) is 0 Å². The molecule has 1 atom stereocenters. The number of amides is 1. The minimum absolute atomic E-state index is 0.00897. The maximum Gasteiger partial charge on any atom is 0.276 e. The summed E-state index contributed by atoms with van der Waals surface area (Å²) in [5.41, 5.74) is 2.74. The van der Waals surface area contributed by atoms with Crippen LogP contribution in [0.3, 0.4) is 0 Å². The molecule has 2 heterocycles. The second-order valence-corrected chi connectivity index (χ2v) is 8.44. The third-order valence-corrected chi connectivity index (χ3v) is 6.05. The van der Waals surface area contributed by atoms with E-state index in [1.54, 1.807) is 0 Å². The predicted molar refractivity (Wildman–Crippen MR) is 116 cm³/mol. The van der Waals surface area contributed by atoms with Gasteiger partial charge in [0.2, 0.25) is 5.89 Å². The van der Waals surface area contributed by atoms with Crippen LogP contribution in [0, 0.1) is 0 Å². The van der Waals surface area contributed by atoms with Gasteiger partial charge >= 0.3 is 0 Å². The molecule has 2 aromatic carbocycles. The van der Waals surface area contributed by atoms with Crippen molar-refractivity contribution in [1.29, 1.82) is 0 Å². The molecule has 0 unspecified atom stereocenters. The molecule has 1 saturated heterocycles. The van der Waals surface area contributed by atoms with E-state index in [1.807, 2.05) is 41.3 Å². The van der Waals surface area contributed by atoms with Crippen molar-refractivity contribution in [2.75, 3.05) is 19.6 Å². The molecule has 1 aliphatic carbocycles. The van der Waals surface area contributed by atoms with Gasteiger partial charge in [-0.05, 0) is 37.5 Å². The first-order valence-electron chi connectivity index (χ1n) is 10.8. The van der Waals surface area contributed by atoms with Gasteiger partial charge in [-0.25, -0.2) is 4.98 Å². The molecule has 5 heteroatoms. The van der Waals surface area contributed by atoms with Gasteiger partial charge in [-0.15, -0.1) is 0 Å². The van der Waals surface area contributed by atoms with Crippen molar-refractivity contribution in [1.82, 2.24) is 14.8 Å². The van der Waals surface area contributed by atoms with Gasteiger partial charge in [0.15, 0.2) is 5.69 Å². The number of hydrogen-bond donors (Lipinski definition) is 0. The van der Waals surface area contributed by atoms with Gasteiger partial charge in [0.25, 0.3) is 5.91 Å². The van der Waals surface area contributed by atoms with Crippen LogP contribution >= 0.6 is 0 Å². The fourth-order valence-electron chi connectivity index (χ4n) is 4.27. The average Bonchev–Trinajstić information content (AvgIpc) is 3.53. The van der Waals surface area contributed by atoms with Crippen LogP contribution in [0.1, 0.15) is 47.5 Å². The van der Waals surface area contributed by atoms with Crippen LogP contribution in [0.5, 0.6) is 0 Å². The van der Waals surface area contributed by atoms with Crippen LogP contribution in [-0.4, -0.2) is 46.4 Å². The van der Waals surface area contributed by atoms with E-state index in [1.165, 1.54) is 5.56 Å². The van der Waals surface area contributed by atoms with Crippen molar-refractivity contribution >= 4 is 5.91 Å². The van der Waals surface area contributed by atoms with Crippen LogP contribution in [0.15, 0.2) is 65.1 Å². The minimum atomic E-state index is 0.00897. The number of nitrogens with zero attached hydrogens (tertiary/aromatic N) is 3. The summed E-state index contributed by atoms with van der Waals surface area (Å²) in [5, 5.41) is 0. The number of carbonyl (C=O) groups is 1. The summed E-state index contributed by atoms with van der Waals surface area (Å²) >= 11 is 0. The minimum Gasteiger partial charge on any atom is -0.440 e. The monoisotopic (exact) mass is 401 g/mol. The summed E-state index contributed by atoms with van der Waals surface area (Å²) in [6.07, 6.45) is 2.15. The van der Waals surface area contributed by atoms with Crippen molar-refractivity contribution in [2.24, 2.45) is 0 Å². The number of hydrogen-bond acceptors (Lipinski definition) is 4. The normalized spacial score (nSPS) is 19.8. The highest BCUT2D eigenvalue weighted by Gasteiger charge is 2.37. The average molecular weight is 402 g/mol. The molecule has 1 amide bonds. The number of benzene rings is 2. The van der Waals surface area contributed by atoms with Gasteiger partial charge < -0.3 is 9.32 Å². The molecular formula is C25H27N3O2. The van der Waals surface area contributed by atoms with E-state index in [4.69, 9.17) is 4.42 Å². The van der Waals surface area contributed by atoms with Crippen molar-refractivity contribution in [3.8, 4) is 11.5 Å². The first-order valence-corrected chi connectivity index (χ1v) is 10.8. The van der Waals surface area contributed by atoms with Crippen LogP contribution < -0.4 is 0 Å². The Morgan fingerprint density at radius 1 is 1.03 bits per heavy atom. The second kappa shape index (κ2) is 8.07. The zero-order valence-corrected chi connectivity index (χ0v) is 17.3. The van der Waals surface area contributed by atoms with Crippen molar-refractivity contribution in [3.05, 3.63) is 77.7 Å². The topological polar surface area (TPSA) is 49.6 Å². The number of aromatic nitrogens is 1. The molecule has 5 rings (SSSR count). The lowest BCUT2D eigenvalue weighted by molar-refractivity contribution is 0.0468. The SMILES string of the molecule is C[C@@H]1CN(Cc2ccccc2)CCN1C(=O)c1nc(-c2ccccc2)oc1C1CC1. The van der Waals surface area contributed by atoms with E-state index in [0.717, 1.165) is 43.8 Å². The van der Waals surface area contributed by atoms with Gasteiger partial charge in [-0.1, -0.05) is 48.5 Å². The first-order chi connectivity index (χ1) is 14.7. The Bertz CT molecular complexity index is 1010. The summed E-state index contributed by atoms with van der Waals surface area (Å²) in [6, 6.07) is 20.5. The highest BCUT2D eigenvalue weighted by molar-refractivity contribution is 5.94. The molecule has 30 heavy (non-hydrogen) atoms. The molecule has 0 N–H and O–H groups in total. The predicted octanol–water partition coefficient (Wildman–Crippen LogP) is 4.57. The Hall–Kier alpha value is -2.92. The molecule has 154 valence electrons. The fourth-order valence-corrected chi connectivity index (χ4v) is 4.27. The number of carbonyl (C=O) groups excluding carboxylic acids is 1. The van der Waals surface area contributed by atoms with Crippen molar-refractivity contribution in [3.63, 3.8) is 0 Å². The smallest absolute Gasteiger partial charge is 0.276 e. The number of piperazine rings is 1. The largest absolute Gasteiger partial charge is 0.440 e. The van der Waals surface area contributed by atoms with E-state index in [-0.39, 0.29) is 11.9 Å².